The number of aryl methyl sites for hydroxylation is 2. The van der Waals surface area contributed by atoms with Crippen molar-refractivity contribution >= 4 is 5.78 Å². The van der Waals surface area contributed by atoms with Crippen LogP contribution in [0.2, 0.25) is 0 Å². The highest BCUT2D eigenvalue weighted by Crippen LogP contribution is 2.17. The molecule has 2 unspecified atom stereocenters. The summed E-state index contributed by atoms with van der Waals surface area (Å²) in [5, 5.41) is 9.70. The maximum absolute atomic E-state index is 12.3. The normalized spacial score (nSPS) is 24.4. The molecule has 2 atom stereocenters. The van der Waals surface area contributed by atoms with Gasteiger partial charge in [0.05, 0.1) is 12.6 Å². The van der Waals surface area contributed by atoms with Gasteiger partial charge in [0.15, 0.2) is 5.78 Å². The van der Waals surface area contributed by atoms with Crippen LogP contribution in [0.3, 0.4) is 0 Å². The molecule has 0 saturated carbocycles. The molecule has 1 N–H and O–H groups in total. The van der Waals surface area contributed by atoms with Crippen LogP contribution < -0.4 is 0 Å². The van der Waals surface area contributed by atoms with Gasteiger partial charge in [-0.1, -0.05) is 19.1 Å². The van der Waals surface area contributed by atoms with Crippen LogP contribution in [0, 0.1) is 19.8 Å². The zero-order valence-corrected chi connectivity index (χ0v) is 12.0. The Balaban J connectivity index is 1.99. The average molecular weight is 261 g/mol. The number of nitrogens with zero attached hydrogens (tertiary/aromatic N) is 1. The monoisotopic (exact) mass is 261 g/mol. The molecule has 3 nitrogen and oxygen atoms in total. The van der Waals surface area contributed by atoms with Gasteiger partial charge in [-0.3, -0.25) is 9.69 Å². The number of Topliss-reactive ketones (excluding diaryl/α,β-unsaturated/α-hetero) is 1. The quantitative estimate of drug-likeness (QED) is 0.848. The maximum Gasteiger partial charge on any atom is 0.176 e. The number of piperidine rings is 1. The first-order valence-corrected chi connectivity index (χ1v) is 6.98. The zero-order chi connectivity index (χ0) is 14.0. The van der Waals surface area contributed by atoms with Gasteiger partial charge in [-0.2, -0.15) is 0 Å². The molecular formula is C16H23NO2. The van der Waals surface area contributed by atoms with Crippen molar-refractivity contribution in [1.29, 1.82) is 0 Å². The number of carbonyl (C=O) groups is 1. The van der Waals surface area contributed by atoms with Gasteiger partial charge in [-0.25, -0.2) is 0 Å². The first kappa shape index (κ1) is 14.2. The van der Waals surface area contributed by atoms with Gasteiger partial charge < -0.3 is 5.11 Å². The van der Waals surface area contributed by atoms with E-state index in [1.165, 1.54) is 5.56 Å². The molecule has 0 aliphatic carbocycles. The predicted molar refractivity (Wildman–Crippen MR) is 76.5 cm³/mol. The molecule has 2 rings (SSSR count). The zero-order valence-electron chi connectivity index (χ0n) is 12.0. The lowest BCUT2D eigenvalue weighted by Gasteiger charge is -2.33. The van der Waals surface area contributed by atoms with E-state index in [1.807, 2.05) is 32.0 Å². The Morgan fingerprint density at radius 3 is 2.74 bits per heavy atom. The number of carbonyl (C=O) groups excluding carboxylic acids is 1. The van der Waals surface area contributed by atoms with Crippen LogP contribution >= 0.6 is 0 Å². The van der Waals surface area contributed by atoms with Gasteiger partial charge in [0, 0.05) is 18.7 Å². The highest BCUT2D eigenvalue weighted by Gasteiger charge is 2.25. The summed E-state index contributed by atoms with van der Waals surface area (Å²) in [6.45, 7) is 8.19. The first-order chi connectivity index (χ1) is 8.97. The third-order valence-corrected chi connectivity index (χ3v) is 4.14. The SMILES string of the molecule is Cc1ccc(C(=O)CN2CCC(O)C(C)C2)cc1C. The van der Waals surface area contributed by atoms with Crippen LogP contribution in [0.1, 0.15) is 34.8 Å². The van der Waals surface area contributed by atoms with Crippen molar-refractivity contribution in [3.05, 3.63) is 34.9 Å². The Labute approximate surface area is 115 Å². The van der Waals surface area contributed by atoms with E-state index in [0.717, 1.165) is 30.6 Å². The number of rotatable bonds is 3. The summed E-state index contributed by atoms with van der Waals surface area (Å²) in [7, 11) is 0. The summed E-state index contributed by atoms with van der Waals surface area (Å²) in [5.74, 6) is 0.424. The minimum absolute atomic E-state index is 0.173. The Bertz CT molecular complexity index is 470. The van der Waals surface area contributed by atoms with E-state index in [1.54, 1.807) is 0 Å². The Kier molecular flexibility index (Phi) is 4.38. The lowest BCUT2D eigenvalue weighted by molar-refractivity contribution is 0.0344. The highest BCUT2D eigenvalue weighted by atomic mass is 16.3. The van der Waals surface area contributed by atoms with Crippen molar-refractivity contribution in [3.63, 3.8) is 0 Å². The van der Waals surface area contributed by atoms with Crippen LogP contribution in [0.5, 0.6) is 0 Å². The number of ketones is 1. The maximum atomic E-state index is 12.3. The van der Waals surface area contributed by atoms with Crippen LogP contribution in [0.25, 0.3) is 0 Å². The van der Waals surface area contributed by atoms with Gasteiger partial charge in [0.25, 0.3) is 0 Å². The second kappa shape index (κ2) is 5.85. The third kappa shape index (κ3) is 3.43. The fourth-order valence-corrected chi connectivity index (χ4v) is 2.57. The smallest absolute Gasteiger partial charge is 0.176 e. The number of hydrogen-bond acceptors (Lipinski definition) is 3. The molecule has 0 aromatic heterocycles. The standard InChI is InChI=1S/C16H23NO2/c1-11-4-5-14(8-12(11)2)16(19)10-17-7-6-15(18)13(3)9-17/h4-5,8,13,15,18H,6-7,9-10H2,1-3H3. The van der Waals surface area contributed by atoms with Crippen molar-refractivity contribution in [2.24, 2.45) is 5.92 Å². The number of hydrogen-bond donors (Lipinski definition) is 1. The second-order valence-corrected chi connectivity index (χ2v) is 5.79. The topological polar surface area (TPSA) is 40.5 Å². The molecule has 1 aliphatic rings. The molecule has 104 valence electrons. The molecule has 1 saturated heterocycles. The number of likely N-dealkylation sites (tertiary alicyclic amines) is 1. The van der Waals surface area contributed by atoms with Crippen LogP contribution in [-0.2, 0) is 0 Å². The minimum Gasteiger partial charge on any atom is -0.393 e. The molecule has 1 aliphatic heterocycles. The summed E-state index contributed by atoms with van der Waals surface area (Å²) in [4.78, 5) is 14.4. The molecular weight excluding hydrogens is 238 g/mol. The van der Waals surface area contributed by atoms with Crippen LogP contribution in [-0.4, -0.2) is 41.5 Å². The molecule has 0 radical (unpaired) electrons. The summed E-state index contributed by atoms with van der Waals surface area (Å²) < 4.78 is 0. The van der Waals surface area contributed by atoms with E-state index in [-0.39, 0.29) is 17.8 Å². The molecule has 1 aromatic carbocycles. The van der Waals surface area contributed by atoms with Gasteiger partial charge in [-0.05, 0) is 43.4 Å². The van der Waals surface area contributed by atoms with Crippen molar-refractivity contribution < 1.29 is 9.90 Å². The van der Waals surface area contributed by atoms with Gasteiger partial charge in [0.1, 0.15) is 0 Å². The molecule has 3 heteroatoms. The average Bonchev–Trinajstić information content (AvgIpc) is 2.37. The van der Waals surface area contributed by atoms with E-state index < -0.39 is 0 Å². The lowest BCUT2D eigenvalue weighted by Crippen LogP contribution is -2.44. The highest BCUT2D eigenvalue weighted by molar-refractivity contribution is 5.97. The molecule has 1 aromatic rings. The summed E-state index contributed by atoms with van der Waals surface area (Å²) in [6.07, 6.45) is 0.550. The summed E-state index contributed by atoms with van der Waals surface area (Å²) in [6, 6.07) is 5.89. The lowest BCUT2D eigenvalue weighted by atomic mass is 9.96. The van der Waals surface area contributed by atoms with Crippen molar-refractivity contribution in [2.45, 2.75) is 33.3 Å². The van der Waals surface area contributed by atoms with E-state index in [9.17, 15) is 9.90 Å². The predicted octanol–water partition coefficient (Wildman–Crippen LogP) is 2.19. The Morgan fingerprint density at radius 1 is 1.37 bits per heavy atom. The third-order valence-electron chi connectivity index (χ3n) is 4.14. The van der Waals surface area contributed by atoms with Gasteiger partial charge in [0.2, 0.25) is 0 Å². The molecule has 0 bridgehead atoms. The van der Waals surface area contributed by atoms with Crippen molar-refractivity contribution in [3.8, 4) is 0 Å². The number of aliphatic hydroxyl groups is 1. The minimum atomic E-state index is -0.215. The van der Waals surface area contributed by atoms with E-state index in [4.69, 9.17) is 0 Å². The largest absolute Gasteiger partial charge is 0.393 e. The summed E-state index contributed by atoms with van der Waals surface area (Å²) >= 11 is 0. The van der Waals surface area contributed by atoms with Crippen molar-refractivity contribution in [1.82, 2.24) is 4.90 Å². The molecule has 19 heavy (non-hydrogen) atoms. The Hall–Kier alpha value is -1.19. The number of benzene rings is 1. The molecule has 0 amide bonds. The van der Waals surface area contributed by atoms with Crippen LogP contribution in [0.4, 0.5) is 0 Å². The molecule has 1 fully saturated rings. The second-order valence-electron chi connectivity index (χ2n) is 5.79. The summed E-state index contributed by atoms with van der Waals surface area (Å²) in [5.41, 5.74) is 3.17. The molecule has 0 spiro atoms. The van der Waals surface area contributed by atoms with E-state index >= 15 is 0 Å². The van der Waals surface area contributed by atoms with E-state index in [0.29, 0.717) is 6.54 Å². The van der Waals surface area contributed by atoms with Gasteiger partial charge in [-0.15, -0.1) is 0 Å². The number of aliphatic hydroxyl groups excluding tert-OH is 1. The van der Waals surface area contributed by atoms with Crippen LogP contribution in [0.15, 0.2) is 18.2 Å². The fourth-order valence-electron chi connectivity index (χ4n) is 2.57. The van der Waals surface area contributed by atoms with E-state index in [2.05, 4.69) is 11.8 Å². The van der Waals surface area contributed by atoms with Gasteiger partial charge >= 0.3 is 0 Å². The Morgan fingerprint density at radius 2 is 2.11 bits per heavy atom. The molecule has 1 heterocycles. The van der Waals surface area contributed by atoms with Crippen molar-refractivity contribution in [2.75, 3.05) is 19.6 Å². The fraction of sp³-hybridized carbons (Fsp3) is 0.562. The first-order valence-electron chi connectivity index (χ1n) is 6.98.